The Bertz CT molecular complexity index is 1070. The number of amides is 1. The molecule has 0 aromatic carbocycles. The monoisotopic (exact) mass is 433 g/mol. The summed E-state index contributed by atoms with van der Waals surface area (Å²) in [6.45, 7) is 1.68. The number of hydrogen-bond donors (Lipinski definition) is 1. The molecule has 3 aromatic rings. The lowest BCUT2D eigenvalue weighted by Crippen LogP contribution is -2.38. The maximum atomic E-state index is 12.9. The second kappa shape index (κ2) is 9.08. The average molecular weight is 434 g/mol. The molecule has 1 aliphatic carbocycles. The Balaban J connectivity index is 1.33. The summed E-state index contributed by atoms with van der Waals surface area (Å²) in [5, 5.41) is 3.41. The third-order valence-electron chi connectivity index (χ3n) is 6.05. The standard InChI is InChI=1S/C24H27N5O3/c1-31-15-19-4-5-21(32-19)23(30)29-12-8-17(9-13-29)22-20(16-6-10-25-11-7-16)14-26-24(28-22)27-18-2-3-18/h4-7,10-11,14,17-18H,2-3,8-9,12-13,15H2,1H3,(H,26,27,28). The molecular formula is C24H27N5O3. The first-order valence-corrected chi connectivity index (χ1v) is 11.1. The predicted molar refractivity (Wildman–Crippen MR) is 119 cm³/mol. The summed E-state index contributed by atoms with van der Waals surface area (Å²) in [5.41, 5.74) is 3.14. The highest BCUT2D eigenvalue weighted by Gasteiger charge is 2.29. The van der Waals surface area contributed by atoms with Crippen molar-refractivity contribution in [2.45, 2.75) is 44.2 Å². The van der Waals surface area contributed by atoms with Gasteiger partial charge in [-0.2, -0.15) is 0 Å². The molecule has 0 bridgehead atoms. The van der Waals surface area contributed by atoms with Crippen molar-refractivity contribution >= 4 is 11.9 Å². The van der Waals surface area contributed by atoms with Crippen molar-refractivity contribution in [3.8, 4) is 11.1 Å². The summed E-state index contributed by atoms with van der Waals surface area (Å²) in [7, 11) is 1.60. The van der Waals surface area contributed by atoms with Gasteiger partial charge in [0.25, 0.3) is 5.91 Å². The van der Waals surface area contributed by atoms with E-state index in [0.29, 0.717) is 43.2 Å². The fourth-order valence-electron chi connectivity index (χ4n) is 4.16. The number of nitrogens with one attached hydrogen (secondary N) is 1. The molecule has 8 heteroatoms. The van der Waals surface area contributed by atoms with Gasteiger partial charge in [-0.3, -0.25) is 9.78 Å². The van der Waals surface area contributed by atoms with Crippen LogP contribution in [0.15, 0.2) is 47.3 Å². The number of hydrogen-bond acceptors (Lipinski definition) is 7. The molecule has 2 fully saturated rings. The first kappa shape index (κ1) is 20.6. The van der Waals surface area contributed by atoms with Crippen LogP contribution in [0, 0.1) is 0 Å². The number of carbonyl (C=O) groups is 1. The largest absolute Gasteiger partial charge is 0.453 e. The zero-order chi connectivity index (χ0) is 21.9. The lowest BCUT2D eigenvalue weighted by molar-refractivity contribution is 0.0672. The Hall–Kier alpha value is -3.26. The minimum Gasteiger partial charge on any atom is -0.453 e. The van der Waals surface area contributed by atoms with Crippen LogP contribution in [0.1, 0.15) is 53.6 Å². The molecule has 1 N–H and O–H groups in total. The summed E-state index contributed by atoms with van der Waals surface area (Å²) >= 11 is 0. The fraction of sp³-hybridized carbons (Fsp3) is 0.417. The summed E-state index contributed by atoms with van der Waals surface area (Å²) in [5.74, 6) is 1.90. The van der Waals surface area contributed by atoms with Gasteiger partial charge in [0.15, 0.2) is 5.76 Å². The van der Waals surface area contributed by atoms with Gasteiger partial charge in [-0.15, -0.1) is 0 Å². The van der Waals surface area contributed by atoms with Crippen molar-refractivity contribution in [2.75, 3.05) is 25.5 Å². The van der Waals surface area contributed by atoms with E-state index in [1.54, 1.807) is 31.6 Å². The number of nitrogens with zero attached hydrogens (tertiary/aromatic N) is 4. The van der Waals surface area contributed by atoms with Crippen LogP contribution in [0.4, 0.5) is 5.95 Å². The van der Waals surface area contributed by atoms with Crippen LogP contribution in [-0.4, -0.2) is 52.0 Å². The number of anilines is 1. The van der Waals surface area contributed by atoms with Crippen LogP contribution in [0.2, 0.25) is 0 Å². The van der Waals surface area contributed by atoms with E-state index in [4.69, 9.17) is 14.1 Å². The Morgan fingerprint density at radius 1 is 1.16 bits per heavy atom. The Labute approximate surface area is 187 Å². The van der Waals surface area contributed by atoms with Crippen LogP contribution in [0.25, 0.3) is 11.1 Å². The van der Waals surface area contributed by atoms with E-state index < -0.39 is 0 Å². The molecule has 0 atom stereocenters. The van der Waals surface area contributed by atoms with Crippen LogP contribution < -0.4 is 5.32 Å². The van der Waals surface area contributed by atoms with Crippen LogP contribution >= 0.6 is 0 Å². The molecule has 5 rings (SSSR count). The number of likely N-dealkylation sites (tertiary alicyclic amines) is 1. The van der Waals surface area contributed by atoms with Crippen molar-refractivity contribution in [3.63, 3.8) is 0 Å². The first-order valence-electron chi connectivity index (χ1n) is 11.1. The van der Waals surface area contributed by atoms with Crippen molar-refractivity contribution in [3.05, 3.63) is 60.1 Å². The molecule has 166 valence electrons. The van der Waals surface area contributed by atoms with E-state index in [9.17, 15) is 4.79 Å². The van der Waals surface area contributed by atoms with E-state index in [-0.39, 0.29) is 11.8 Å². The van der Waals surface area contributed by atoms with Gasteiger partial charge in [-0.05, 0) is 55.5 Å². The van der Waals surface area contributed by atoms with Crippen molar-refractivity contribution in [1.82, 2.24) is 19.9 Å². The molecular weight excluding hydrogens is 406 g/mol. The third kappa shape index (κ3) is 4.50. The molecule has 1 saturated carbocycles. The van der Waals surface area contributed by atoms with E-state index in [0.717, 1.165) is 29.7 Å². The Kier molecular flexibility index (Phi) is 5.85. The van der Waals surface area contributed by atoms with Gasteiger partial charge < -0.3 is 19.4 Å². The number of carbonyl (C=O) groups excluding carboxylic acids is 1. The van der Waals surface area contributed by atoms with Crippen molar-refractivity contribution in [2.24, 2.45) is 0 Å². The number of pyridine rings is 1. The van der Waals surface area contributed by atoms with Crippen molar-refractivity contribution < 1.29 is 13.9 Å². The van der Waals surface area contributed by atoms with Gasteiger partial charge in [0.2, 0.25) is 5.95 Å². The summed E-state index contributed by atoms with van der Waals surface area (Å²) in [6, 6.07) is 7.99. The first-order chi connectivity index (χ1) is 15.7. The van der Waals surface area contributed by atoms with Gasteiger partial charge in [-0.25, -0.2) is 9.97 Å². The Morgan fingerprint density at radius 3 is 2.66 bits per heavy atom. The van der Waals surface area contributed by atoms with Crippen LogP contribution in [0.3, 0.4) is 0 Å². The van der Waals surface area contributed by atoms with E-state index >= 15 is 0 Å². The van der Waals surface area contributed by atoms with E-state index in [1.807, 2.05) is 23.2 Å². The summed E-state index contributed by atoms with van der Waals surface area (Å²) in [6.07, 6.45) is 9.52. The smallest absolute Gasteiger partial charge is 0.289 e. The van der Waals surface area contributed by atoms with Crippen LogP contribution in [-0.2, 0) is 11.3 Å². The SMILES string of the molecule is COCc1ccc(C(=O)N2CCC(c3nc(NC4CC4)ncc3-c3ccncc3)CC2)o1. The zero-order valence-corrected chi connectivity index (χ0v) is 18.2. The molecule has 1 saturated heterocycles. The van der Waals surface area contributed by atoms with Gasteiger partial charge in [0.05, 0.1) is 5.69 Å². The molecule has 32 heavy (non-hydrogen) atoms. The van der Waals surface area contributed by atoms with Crippen LogP contribution in [0.5, 0.6) is 0 Å². The minimum absolute atomic E-state index is 0.0704. The van der Waals surface area contributed by atoms with Gasteiger partial charge in [0, 0.05) is 56.3 Å². The molecule has 0 unspecified atom stereocenters. The summed E-state index contributed by atoms with van der Waals surface area (Å²) in [4.78, 5) is 28.4. The Morgan fingerprint density at radius 2 is 1.94 bits per heavy atom. The topological polar surface area (TPSA) is 93.4 Å². The lowest BCUT2D eigenvalue weighted by atomic mass is 9.89. The molecule has 0 spiro atoms. The highest BCUT2D eigenvalue weighted by atomic mass is 16.5. The average Bonchev–Trinajstić information content (AvgIpc) is 3.53. The van der Waals surface area contributed by atoms with Gasteiger partial charge in [0.1, 0.15) is 12.4 Å². The fourth-order valence-corrected chi connectivity index (χ4v) is 4.16. The van der Waals surface area contributed by atoms with E-state index in [1.165, 1.54) is 12.8 Å². The minimum atomic E-state index is -0.0704. The van der Waals surface area contributed by atoms with Crippen molar-refractivity contribution in [1.29, 1.82) is 0 Å². The predicted octanol–water partition coefficient (Wildman–Crippen LogP) is 3.87. The maximum Gasteiger partial charge on any atom is 0.289 e. The maximum absolute atomic E-state index is 12.9. The number of ether oxygens (including phenoxy) is 1. The second-order valence-corrected chi connectivity index (χ2v) is 8.41. The second-order valence-electron chi connectivity index (χ2n) is 8.41. The number of rotatable bonds is 7. The molecule has 8 nitrogen and oxygen atoms in total. The highest BCUT2D eigenvalue weighted by Crippen LogP contribution is 2.35. The third-order valence-corrected chi connectivity index (χ3v) is 6.05. The number of methoxy groups -OCH3 is 1. The normalized spacial score (nSPS) is 16.8. The molecule has 0 radical (unpaired) electrons. The van der Waals surface area contributed by atoms with Gasteiger partial charge in [-0.1, -0.05) is 0 Å². The molecule has 4 heterocycles. The number of aromatic nitrogens is 3. The molecule has 1 aliphatic heterocycles. The molecule has 2 aliphatic rings. The quantitative estimate of drug-likeness (QED) is 0.604. The van der Waals surface area contributed by atoms with E-state index in [2.05, 4.69) is 15.3 Å². The lowest BCUT2D eigenvalue weighted by Gasteiger charge is -2.32. The molecule has 3 aromatic heterocycles. The highest BCUT2D eigenvalue weighted by molar-refractivity contribution is 5.91. The number of piperidine rings is 1. The number of furan rings is 1. The summed E-state index contributed by atoms with van der Waals surface area (Å²) < 4.78 is 10.7. The van der Waals surface area contributed by atoms with Gasteiger partial charge >= 0.3 is 0 Å². The molecule has 1 amide bonds. The zero-order valence-electron chi connectivity index (χ0n) is 18.2.